The Morgan fingerprint density at radius 3 is 1.75 bits per heavy atom. The van der Waals surface area contributed by atoms with Crippen LogP contribution in [-0.4, -0.2) is 0 Å². The molecular weight excluding hydrogens is 363 g/mol. The summed E-state index contributed by atoms with van der Waals surface area (Å²) in [5, 5.41) is 0. The molecule has 20 heavy (non-hydrogen) atoms. The fraction of sp³-hybridized carbons (Fsp3) is 0.231. The van der Waals surface area contributed by atoms with Crippen LogP contribution in [0.25, 0.3) is 0 Å². The number of hydrogen-bond acceptors (Lipinski definition) is 1. The van der Waals surface area contributed by atoms with Gasteiger partial charge in [0.05, 0.1) is 4.83 Å². The van der Waals surface area contributed by atoms with Gasteiger partial charge in [0.1, 0.15) is 0 Å². The van der Waals surface area contributed by atoms with Crippen LogP contribution >= 0.6 is 27.3 Å². The number of halogens is 6. The average molecular weight is 371 g/mol. The zero-order valence-electron chi connectivity index (χ0n) is 10.3. The van der Waals surface area contributed by atoms with Gasteiger partial charge in [-0.25, -0.2) is 22.0 Å². The van der Waals surface area contributed by atoms with Crippen molar-refractivity contribution in [3.63, 3.8) is 0 Å². The van der Waals surface area contributed by atoms with Gasteiger partial charge in [0.25, 0.3) is 0 Å². The molecule has 0 radical (unpaired) electrons. The van der Waals surface area contributed by atoms with Gasteiger partial charge in [-0.1, -0.05) is 15.9 Å². The molecule has 2 aromatic rings. The lowest BCUT2D eigenvalue weighted by Crippen LogP contribution is -2.09. The second kappa shape index (κ2) is 5.44. The van der Waals surface area contributed by atoms with E-state index in [1.54, 1.807) is 19.9 Å². The van der Waals surface area contributed by atoms with E-state index in [0.29, 0.717) is 5.56 Å². The first-order valence-corrected chi connectivity index (χ1v) is 7.21. The Labute approximate surface area is 124 Å². The Morgan fingerprint density at radius 2 is 1.35 bits per heavy atom. The maximum absolute atomic E-state index is 13.7. The van der Waals surface area contributed by atoms with Crippen LogP contribution in [-0.2, 0) is 0 Å². The Morgan fingerprint density at radius 1 is 0.900 bits per heavy atom. The van der Waals surface area contributed by atoms with Gasteiger partial charge in [0.2, 0.25) is 5.82 Å². The summed E-state index contributed by atoms with van der Waals surface area (Å²) in [5.41, 5.74) is -0.391. The predicted molar refractivity (Wildman–Crippen MR) is 70.8 cm³/mol. The Hall–Kier alpha value is -0.950. The first-order chi connectivity index (χ1) is 9.25. The number of rotatable bonds is 2. The first-order valence-electron chi connectivity index (χ1n) is 5.48. The third-order valence-electron chi connectivity index (χ3n) is 2.85. The molecule has 0 spiro atoms. The molecule has 1 unspecified atom stereocenters. The molecule has 108 valence electrons. The summed E-state index contributed by atoms with van der Waals surface area (Å²) in [4.78, 5) is 0.524. The highest BCUT2D eigenvalue weighted by molar-refractivity contribution is 9.09. The molecule has 1 heterocycles. The molecule has 7 heteroatoms. The van der Waals surface area contributed by atoms with Gasteiger partial charge < -0.3 is 0 Å². The molecule has 0 amide bonds. The van der Waals surface area contributed by atoms with E-state index in [9.17, 15) is 22.0 Å². The summed E-state index contributed by atoms with van der Waals surface area (Å²) in [6.45, 7) is 3.51. The van der Waals surface area contributed by atoms with Crippen LogP contribution in [0.15, 0.2) is 6.07 Å². The minimum absolute atomic E-state index is 0.482. The van der Waals surface area contributed by atoms with Crippen LogP contribution in [0.2, 0.25) is 0 Å². The minimum Gasteiger partial charge on any atom is -0.203 e. The smallest absolute Gasteiger partial charge is 0.200 e. The first kappa shape index (κ1) is 15.4. The highest BCUT2D eigenvalue weighted by atomic mass is 79.9. The molecule has 0 fully saturated rings. The summed E-state index contributed by atoms with van der Waals surface area (Å²) in [5.74, 6) is -9.65. The van der Waals surface area contributed by atoms with Crippen molar-refractivity contribution >= 4 is 27.3 Å². The van der Waals surface area contributed by atoms with Gasteiger partial charge in [0.15, 0.2) is 23.3 Å². The molecule has 0 aliphatic heterocycles. The van der Waals surface area contributed by atoms with Gasteiger partial charge >= 0.3 is 0 Å². The zero-order valence-corrected chi connectivity index (χ0v) is 12.7. The quantitative estimate of drug-likeness (QED) is 0.281. The van der Waals surface area contributed by atoms with Crippen LogP contribution < -0.4 is 0 Å². The molecule has 0 bridgehead atoms. The Kier molecular flexibility index (Phi) is 4.20. The number of alkyl halides is 1. The summed E-state index contributed by atoms with van der Waals surface area (Å²) >= 11 is 4.40. The van der Waals surface area contributed by atoms with Crippen molar-refractivity contribution in [2.45, 2.75) is 18.7 Å². The highest BCUT2D eigenvalue weighted by Crippen LogP contribution is 2.40. The highest BCUT2D eigenvalue weighted by Gasteiger charge is 2.31. The van der Waals surface area contributed by atoms with E-state index in [1.165, 1.54) is 11.3 Å². The fourth-order valence-corrected chi connectivity index (χ4v) is 3.89. The zero-order chi connectivity index (χ0) is 15.2. The van der Waals surface area contributed by atoms with Crippen LogP contribution in [0.1, 0.15) is 25.7 Å². The topological polar surface area (TPSA) is 0 Å². The predicted octanol–water partition coefficient (Wildman–Crippen LogP) is 5.54. The second-order valence-electron chi connectivity index (χ2n) is 4.21. The van der Waals surface area contributed by atoms with Crippen molar-refractivity contribution in [2.75, 3.05) is 0 Å². The van der Waals surface area contributed by atoms with Gasteiger partial charge in [-0.2, -0.15) is 0 Å². The van der Waals surface area contributed by atoms with Crippen molar-refractivity contribution in [2.24, 2.45) is 0 Å². The van der Waals surface area contributed by atoms with Crippen molar-refractivity contribution in [1.29, 1.82) is 0 Å². The van der Waals surface area contributed by atoms with E-state index in [0.717, 1.165) is 9.75 Å². The Balaban J connectivity index is 2.67. The monoisotopic (exact) mass is 370 g/mol. The molecule has 0 N–H and O–H groups in total. The lowest BCUT2D eigenvalue weighted by molar-refractivity contribution is 0.371. The van der Waals surface area contributed by atoms with Crippen molar-refractivity contribution in [3.8, 4) is 0 Å². The van der Waals surface area contributed by atoms with E-state index in [4.69, 9.17) is 0 Å². The van der Waals surface area contributed by atoms with E-state index >= 15 is 0 Å². The van der Waals surface area contributed by atoms with Crippen molar-refractivity contribution in [1.82, 2.24) is 0 Å². The summed E-state index contributed by atoms with van der Waals surface area (Å²) in [6.07, 6.45) is 0. The lowest BCUT2D eigenvalue weighted by atomic mass is 10.0. The number of aryl methyl sites for hydroxylation is 2. The van der Waals surface area contributed by atoms with Crippen LogP contribution in [0.5, 0.6) is 0 Å². The number of hydrogen-bond donors (Lipinski definition) is 0. The third-order valence-corrected chi connectivity index (χ3v) is 4.78. The molecule has 1 aromatic heterocycles. The van der Waals surface area contributed by atoms with E-state index in [1.807, 2.05) is 0 Å². The normalized spacial score (nSPS) is 12.8. The van der Waals surface area contributed by atoms with E-state index in [2.05, 4.69) is 15.9 Å². The molecule has 1 aromatic carbocycles. The van der Waals surface area contributed by atoms with Crippen LogP contribution in [0, 0.1) is 42.9 Å². The largest absolute Gasteiger partial charge is 0.203 e. The summed E-state index contributed by atoms with van der Waals surface area (Å²) < 4.78 is 66.9. The molecular formula is C13H8BrF5S. The molecule has 2 rings (SSSR count). The molecule has 0 aliphatic carbocycles. The summed E-state index contributed by atoms with van der Waals surface area (Å²) in [7, 11) is 0. The minimum atomic E-state index is -2.15. The Bertz CT molecular complexity index is 651. The standard InChI is InChI=1S/C13H8BrF5S/c1-4-3-6(5(2)20-4)8(14)7-9(15)11(17)13(19)12(18)10(7)16/h3,8H,1-2H3. The number of benzene rings is 1. The van der Waals surface area contributed by atoms with E-state index < -0.39 is 39.5 Å². The van der Waals surface area contributed by atoms with Crippen molar-refractivity contribution in [3.05, 3.63) is 56.0 Å². The molecule has 0 saturated carbocycles. The van der Waals surface area contributed by atoms with Gasteiger partial charge in [-0.3, -0.25) is 0 Å². The molecule has 0 aliphatic rings. The van der Waals surface area contributed by atoms with Crippen molar-refractivity contribution < 1.29 is 22.0 Å². The average Bonchev–Trinajstić information content (AvgIpc) is 2.73. The second-order valence-corrected chi connectivity index (χ2v) is 6.59. The molecule has 1 atom stereocenters. The van der Waals surface area contributed by atoms with Gasteiger partial charge in [-0.15, -0.1) is 11.3 Å². The van der Waals surface area contributed by atoms with Gasteiger partial charge in [0, 0.05) is 15.3 Å². The maximum atomic E-state index is 13.7. The van der Waals surface area contributed by atoms with Crippen LogP contribution in [0.4, 0.5) is 22.0 Å². The van der Waals surface area contributed by atoms with E-state index in [-0.39, 0.29) is 0 Å². The summed E-state index contributed by atoms with van der Waals surface area (Å²) in [6, 6.07) is 1.65. The maximum Gasteiger partial charge on any atom is 0.200 e. The SMILES string of the molecule is Cc1cc(C(Br)c2c(F)c(F)c(F)c(F)c2F)c(C)s1. The number of thiophene rings is 1. The molecule has 0 nitrogen and oxygen atoms in total. The lowest BCUT2D eigenvalue weighted by Gasteiger charge is -2.14. The third kappa shape index (κ3) is 2.37. The van der Waals surface area contributed by atoms with Crippen LogP contribution in [0.3, 0.4) is 0 Å². The van der Waals surface area contributed by atoms with Gasteiger partial charge in [-0.05, 0) is 25.5 Å². The fourth-order valence-electron chi connectivity index (χ4n) is 1.90. The molecule has 0 saturated heterocycles.